The number of benzene rings is 1. The molecular formula is C21H35N5. The Balaban J connectivity index is 1.29. The predicted molar refractivity (Wildman–Crippen MR) is 111 cm³/mol. The first-order chi connectivity index (χ1) is 12.7. The molecule has 0 spiro atoms. The van der Waals surface area contributed by atoms with Crippen molar-refractivity contribution < 1.29 is 0 Å². The molecule has 0 radical (unpaired) electrons. The number of nitrogens with two attached hydrogens (primary N) is 1. The van der Waals surface area contributed by atoms with E-state index in [9.17, 15) is 0 Å². The summed E-state index contributed by atoms with van der Waals surface area (Å²) < 4.78 is 0. The number of para-hydroxylation sites is 1. The summed E-state index contributed by atoms with van der Waals surface area (Å²) in [5.41, 5.74) is 7.52. The minimum absolute atomic E-state index is 0.743. The molecule has 0 saturated carbocycles. The van der Waals surface area contributed by atoms with Crippen LogP contribution < -0.4 is 10.6 Å². The highest BCUT2D eigenvalue weighted by molar-refractivity contribution is 5.78. The molecule has 5 nitrogen and oxygen atoms in total. The maximum Gasteiger partial charge on any atom is 0.191 e. The number of guanidine groups is 1. The van der Waals surface area contributed by atoms with E-state index in [4.69, 9.17) is 5.73 Å². The average molecular weight is 358 g/mol. The summed E-state index contributed by atoms with van der Waals surface area (Å²) in [6, 6.07) is 10.8. The fourth-order valence-electron chi connectivity index (χ4n) is 4.01. The third-order valence-electron chi connectivity index (χ3n) is 5.63. The van der Waals surface area contributed by atoms with E-state index >= 15 is 0 Å². The Bertz CT molecular complexity index is 551. The largest absolute Gasteiger partial charge is 0.370 e. The van der Waals surface area contributed by atoms with Crippen molar-refractivity contribution >= 4 is 11.6 Å². The lowest BCUT2D eigenvalue weighted by Crippen LogP contribution is -2.46. The van der Waals surface area contributed by atoms with E-state index in [1.54, 1.807) is 0 Å². The number of piperidine rings is 1. The maximum absolute atomic E-state index is 6.17. The number of unbranched alkanes of at least 4 members (excludes halogenated alkanes) is 1. The first-order valence-electron chi connectivity index (χ1n) is 10.3. The fourth-order valence-corrected chi connectivity index (χ4v) is 4.01. The van der Waals surface area contributed by atoms with E-state index in [1.807, 2.05) is 0 Å². The van der Waals surface area contributed by atoms with E-state index in [0.29, 0.717) is 0 Å². The molecule has 2 aliphatic rings. The standard InChI is InChI=1S/C21H35N5/c1-19-8-7-13-26(18-19)21(22)23-11-5-6-12-24-14-16-25(17-15-24)20-9-3-2-4-10-20/h2-4,9-10,19H,5-8,11-18H2,1H3,(H2,22,23). The highest BCUT2D eigenvalue weighted by Gasteiger charge is 2.18. The minimum atomic E-state index is 0.743. The van der Waals surface area contributed by atoms with Gasteiger partial charge < -0.3 is 15.5 Å². The van der Waals surface area contributed by atoms with Crippen LogP contribution in [0.5, 0.6) is 0 Å². The Hall–Kier alpha value is -1.75. The lowest BCUT2D eigenvalue weighted by Gasteiger charge is -2.36. The Morgan fingerprint density at radius 3 is 2.58 bits per heavy atom. The molecule has 2 N–H and O–H groups in total. The van der Waals surface area contributed by atoms with Crippen molar-refractivity contribution in [3.8, 4) is 0 Å². The van der Waals surface area contributed by atoms with Crippen LogP contribution in [-0.4, -0.2) is 68.1 Å². The lowest BCUT2D eigenvalue weighted by atomic mass is 10.0. The van der Waals surface area contributed by atoms with Crippen LogP contribution in [0, 0.1) is 5.92 Å². The number of likely N-dealkylation sites (tertiary alicyclic amines) is 1. The molecule has 2 saturated heterocycles. The second kappa shape index (κ2) is 9.81. The maximum atomic E-state index is 6.17. The smallest absolute Gasteiger partial charge is 0.191 e. The number of hydrogen-bond acceptors (Lipinski definition) is 3. The van der Waals surface area contributed by atoms with Gasteiger partial charge in [0.15, 0.2) is 5.96 Å². The second-order valence-electron chi connectivity index (χ2n) is 7.80. The Morgan fingerprint density at radius 2 is 1.85 bits per heavy atom. The van der Waals surface area contributed by atoms with Crippen molar-refractivity contribution in [3.05, 3.63) is 30.3 Å². The van der Waals surface area contributed by atoms with Crippen LogP contribution in [0.3, 0.4) is 0 Å². The first-order valence-corrected chi connectivity index (χ1v) is 10.3. The van der Waals surface area contributed by atoms with Gasteiger partial charge in [0.25, 0.3) is 0 Å². The SMILES string of the molecule is CC1CCCN(C(N)=NCCCCN2CCN(c3ccccc3)CC2)C1. The van der Waals surface area contributed by atoms with Gasteiger partial charge in [-0.3, -0.25) is 9.89 Å². The normalized spacial score (nSPS) is 22.7. The van der Waals surface area contributed by atoms with Crippen LogP contribution in [0.15, 0.2) is 35.3 Å². The quantitative estimate of drug-likeness (QED) is 0.483. The van der Waals surface area contributed by atoms with Crippen molar-refractivity contribution in [1.29, 1.82) is 0 Å². The number of anilines is 1. The van der Waals surface area contributed by atoms with Gasteiger partial charge in [-0.05, 0) is 50.3 Å². The van der Waals surface area contributed by atoms with Crippen LogP contribution in [0.4, 0.5) is 5.69 Å². The Labute approximate surface area is 158 Å². The summed E-state index contributed by atoms with van der Waals surface area (Å²) in [7, 11) is 0. The van der Waals surface area contributed by atoms with E-state index in [-0.39, 0.29) is 0 Å². The summed E-state index contributed by atoms with van der Waals surface area (Å²) in [6.45, 7) is 11.1. The van der Waals surface area contributed by atoms with Crippen molar-refractivity contribution in [1.82, 2.24) is 9.80 Å². The molecule has 0 aliphatic carbocycles. The summed E-state index contributed by atoms with van der Waals surface area (Å²) in [6.07, 6.45) is 4.90. The van der Waals surface area contributed by atoms with E-state index in [2.05, 4.69) is 56.9 Å². The van der Waals surface area contributed by atoms with Crippen molar-refractivity contribution in [2.24, 2.45) is 16.6 Å². The molecular weight excluding hydrogens is 322 g/mol. The zero-order valence-electron chi connectivity index (χ0n) is 16.3. The Kier molecular flexibility index (Phi) is 7.18. The third kappa shape index (κ3) is 5.63. The van der Waals surface area contributed by atoms with Gasteiger partial charge in [-0.1, -0.05) is 25.1 Å². The van der Waals surface area contributed by atoms with Crippen molar-refractivity contribution in [2.45, 2.75) is 32.6 Å². The van der Waals surface area contributed by atoms with Crippen LogP contribution in [0.1, 0.15) is 32.6 Å². The van der Waals surface area contributed by atoms with Gasteiger partial charge in [0.05, 0.1) is 0 Å². The van der Waals surface area contributed by atoms with Crippen LogP contribution in [0.25, 0.3) is 0 Å². The lowest BCUT2D eigenvalue weighted by molar-refractivity contribution is 0.253. The molecule has 0 aromatic heterocycles. The molecule has 5 heteroatoms. The number of nitrogens with zero attached hydrogens (tertiary/aromatic N) is 4. The minimum Gasteiger partial charge on any atom is -0.370 e. The van der Waals surface area contributed by atoms with Gasteiger partial charge >= 0.3 is 0 Å². The summed E-state index contributed by atoms with van der Waals surface area (Å²) in [4.78, 5) is 11.9. The highest BCUT2D eigenvalue weighted by Crippen LogP contribution is 2.16. The zero-order valence-corrected chi connectivity index (χ0v) is 16.3. The molecule has 2 fully saturated rings. The third-order valence-corrected chi connectivity index (χ3v) is 5.63. The van der Waals surface area contributed by atoms with Gasteiger partial charge in [-0.15, -0.1) is 0 Å². The topological polar surface area (TPSA) is 48.1 Å². The predicted octanol–water partition coefficient (Wildman–Crippen LogP) is 2.64. The van der Waals surface area contributed by atoms with Crippen molar-refractivity contribution in [2.75, 3.05) is 57.3 Å². The van der Waals surface area contributed by atoms with Gasteiger partial charge in [0, 0.05) is 51.5 Å². The van der Waals surface area contributed by atoms with Gasteiger partial charge in [0.2, 0.25) is 0 Å². The molecule has 26 heavy (non-hydrogen) atoms. The highest BCUT2D eigenvalue weighted by atomic mass is 15.3. The molecule has 0 bridgehead atoms. The van der Waals surface area contributed by atoms with E-state index in [1.165, 1.54) is 31.5 Å². The van der Waals surface area contributed by atoms with Crippen LogP contribution in [0.2, 0.25) is 0 Å². The molecule has 1 aromatic rings. The fraction of sp³-hybridized carbons (Fsp3) is 0.667. The van der Waals surface area contributed by atoms with Crippen LogP contribution in [-0.2, 0) is 0 Å². The monoisotopic (exact) mass is 357 g/mol. The summed E-state index contributed by atoms with van der Waals surface area (Å²) >= 11 is 0. The van der Waals surface area contributed by atoms with E-state index in [0.717, 1.165) is 64.1 Å². The zero-order chi connectivity index (χ0) is 18.2. The molecule has 2 heterocycles. The number of piperazine rings is 1. The summed E-state index contributed by atoms with van der Waals surface area (Å²) in [5.74, 6) is 1.50. The molecule has 144 valence electrons. The van der Waals surface area contributed by atoms with Crippen molar-refractivity contribution in [3.63, 3.8) is 0 Å². The van der Waals surface area contributed by atoms with Crippen LogP contribution >= 0.6 is 0 Å². The number of aliphatic imine (C=N–C) groups is 1. The molecule has 1 unspecified atom stereocenters. The van der Waals surface area contributed by atoms with Gasteiger partial charge in [-0.25, -0.2) is 0 Å². The molecule has 1 aromatic carbocycles. The number of rotatable bonds is 6. The molecule has 0 amide bonds. The second-order valence-corrected chi connectivity index (χ2v) is 7.80. The average Bonchev–Trinajstić information content (AvgIpc) is 2.69. The van der Waals surface area contributed by atoms with E-state index < -0.39 is 0 Å². The first kappa shape index (κ1) is 19.0. The molecule has 1 atom stereocenters. The molecule has 3 rings (SSSR count). The number of hydrogen-bond donors (Lipinski definition) is 1. The Morgan fingerprint density at radius 1 is 1.08 bits per heavy atom. The van der Waals surface area contributed by atoms with Gasteiger partial charge in [0.1, 0.15) is 0 Å². The molecule has 2 aliphatic heterocycles. The summed E-state index contributed by atoms with van der Waals surface area (Å²) in [5, 5.41) is 0. The van der Waals surface area contributed by atoms with Gasteiger partial charge in [-0.2, -0.15) is 0 Å².